The van der Waals surface area contributed by atoms with Crippen LogP contribution in [-0.4, -0.2) is 14.8 Å². The van der Waals surface area contributed by atoms with E-state index in [2.05, 4.69) is 23.9 Å². The predicted octanol–water partition coefficient (Wildman–Crippen LogP) is 2.20. The molecule has 0 atom stereocenters. The van der Waals surface area contributed by atoms with Gasteiger partial charge in [0.15, 0.2) is 0 Å². The summed E-state index contributed by atoms with van der Waals surface area (Å²) in [5.74, 6) is 0.596. The van der Waals surface area contributed by atoms with E-state index in [0.29, 0.717) is 12.5 Å². The summed E-state index contributed by atoms with van der Waals surface area (Å²) in [7, 11) is 1.91. The first-order valence-corrected chi connectivity index (χ1v) is 6.60. The zero-order valence-electron chi connectivity index (χ0n) is 10.5. The van der Waals surface area contributed by atoms with Crippen LogP contribution in [0.1, 0.15) is 24.4 Å². The highest BCUT2D eigenvalue weighted by molar-refractivity contribution is 7.15. The fraction of sp³-hybridized carbons (Fsp3) is 0.500. The van der Waals surface area contributed by atoms with Crippen LogP contribution in [0.3, 0.4) is 0 Å². The first-order chi connectivity index (χ1) is 8.10. The van der Waals surface area contributed by atoms with Crippen molar-refractivity contribution in [3.8, 4) is 10.7 Å². The van der Waals surface area contributed by atoms with Gasteiger partial charge in [-0.2, -0.15) is 5.10 Å². The van der Waals surface area contributed by atoms with Gasteiger partial charge in [-0.3, -0.25) is 4.68 Å². The monoisotopic (exact) mass is 250 g/mol. The molecular weight excluding hydrogens is 232 g/mol. The first-order valence-electron chi connectivity index (χ1n) is 5.78. The molecule has 2 N–H and O–H groups in total. The normalized spacial score (nSPS) is 11.4. The third kappa shape index (κ3) is 2.73. The lowest BCUT2D eigenvalue weighted by atomic mass is 10.1. The zero-order chi connectivity index (χ0) is 12.4. The van der Waals surface area contributed by atoms with E-state index in [-0.39, 0.29) is 0 Å². The smallest absolute Gasteiger partial charge is 0.144 e. The fourth-order valence-electron chi connectivity index (χ4n) is 1.73. The summed E-state index contributed by atoms with van der Waals surface area (Å²) in [6, 6.07) is 1.98. The van der Waals surface area contributed by atoms with Crippen molar-refractivity contribution in [1.82, 2.24) is 14.8 Å². The molecular formula is C12H18N4S. The van der Waals surface area contributed by atoms with Crippen molar-refractivity contribution in [3.63, 3.8) is 0 Å². The van der Waals surface area contributed by atoms with Crippen LogP contribution in [0.4, 0.5) is 0 Å². The molecule has 92 valence electrons. The first kappa shape index (κ1) is 12.3. The zero-order valence-corrected chi connectivity index (χ0v) is 11.3. The van der Waals surface area contributed by atoms with E-state index in [1.807, 2.05) is 19.3 Å². The highest BCUT2D eigenvalue weighted by Crippen LogP contribution is 2.27. The molecule has 2 aromatic heterocycles. The summed E-state index contributed by atoms with van der Waals surface area (Å²) in [5, 5.41) is 5.35. The second-order valence-electron chi connectivity index (χ2n) is 4.57. The highest BCUT2D eigenvalue weighted by atomic mass is 32.1. The summed E-state index contributed by atoms with van der Waals surface area (Å²) >= 11 is 1.66. The number of aryl methyl sites for hydroxylation is 1. The Bertz CT molecular complexity index is 498. The van der Waals surface area contributed by atoms with E-state index < -0.39 is 0 Å². The van der Waals surface area contributed by atoms with Gasteiger partial charge in [0.25, 0.3) is 0 Å². The topological polar surface area (TPSA) is 56.7 Å². The molecule has 2 aromatic rings. The average Bonchev–Trinajstić information content (AvgIpc) is 2.83. The molecule has 0 radical (unpaired) electrons. The van der Waals surface area contributed by atoms with E-state index >= 15 is 0 Å². The molecule has 0 aromatic carbocycles. The third-order valence-electron chi connectivity index (χ3n) is 2.50. The molecule has 0 spiro atoms. The Labute approximate surface area is 105 Å². The van der Waals surface area contributed by atoms with Gasteiger partial charge in [-0.15, -0.1) is 11.3 Å². The van der Waals surface area contributed by atoms with Crippen molar-refractivity contribution >= 4 is 11.3 Å². The van der Waals surface area contributed by atoms with Crippen LogP contribution in [0.15, 0.2) is 12.3 Å². The molecule has 2 rings (SSSR count). The van der Waals surface area contributed by atoms with Gasteiger partial charge >= 0.3 is 0 Å². The van der Waals surface area contributed by atoms with Gasteiger partial charge in [0.2, 0.25) is 0 Å². The number of nitrogens with zero attached hydrogens (tertiary/aromatic N) is 3. The summed E-state index contributed by atoms with van der Waals surface area (Å²) in [6.07, 6.45) is 2.91. The van der Waals surface area contributed by atoms with E-state index in [1.54, 1.807) is 16.0 Å². The Morgan fingerprint density at radius 1 is 1.47 bits per heavy atom. The highest BCUT2D eigenvalue weighted by Gasteiger charge is 2.14. The van der Waals surface area contributed by atoms with Crippen LogP contribution in [0, 0.1) is 5.92 Å². The van der Waals surface area contributed by atoms with Gasteiger partial charge in [0.05, 0.1) is 5.69 Å². The quantitative estimate of drug-likeness (QED) is 0.905. The minimum absolute atomic E-state index is 0.562. The maximum absolute atomic E-state index is 5.77. The van der Waals surface area contributed by atoms with Crippen molar-refractivity contribution in [2.75, 3.05) is 0 Å². The lowest BCUT2D eigenvalue weighted by molar-refractivity contribution is 0.634. The molecule has 0 aliphatic rings. The third-order valence-corrected chi connectivity index (χ3v) is 3.64. The summed E-state index contributed by atoms with van der Waals surface area (Å²) in [4.78, 5) is 5.85. The van der Waals surface area contributed by atoms with E-state index in [1.165, 1.54) is 4.88 Å². The van der Waals surface area contributed by atoms with Crippen molar-refractivity contribution in [3.05, 3.63) is 22.8 Å². The second-order valence-corrected chi connectivity index (χ2v) is 5.65. The second kappa shape index (κ2) is 4.98. The number of thiazole rings is 1. The van der Waals surface area contributed by atoms with Crippen molar-refractivity contribution < 1.29 is 0 Å². The largest absolute Gasteiger partial charge is 0.326 e. The molecule has 2 heterocycles. The number of aromatic nitrogens is 3. The van der Waals surface area contributed by atoms with Crippen LogP contribution in [0.2, 0.25) is 0 Å². The van der Waals surface area contributed by atoms with Crippen LogP contribution in [-0.2, 0) is 20.0 Å². The molecule has 0 aliphatic carbocycles. The number of hydrogen-bond acceptors (Lipinski definition) is 4. The van der Waals surface area contributed by atoms with E-state index in [0.717, 1.165) is 22.8 Å². The molecule has 0 aliphatic heterocycles. The fourth-order valence-corrected chi connectivity index (χ4v) is 2.66. The Hall–Kier alpha value is -1.20. The molecule has 0 fully saturated rings. The Kier molecular flexibility index (Phi) is 3.59. The van der Waals surface area contributed by atoms with Crippen LogP contribution in [0.5, 0.6) is 0 Å². The minimum atomic E-state index is 0.562. The molecule has 0 unspecified atom stereocenters. The van der Waals surface area contributed by atoms with Gasteiger partial charge in [0, 0.05) is 24.7 Å². The molecule has 5 heteroatoms. The molecule has 0 saturated heterocycles. The van der Waals surface area contributed by atoms with Crippen molar-refractivity contribution in [2.24, 2.45) is 18.7 Å². The van der Waals surface area contributed by atoms with E-state index in [4.69, 9.17) is 5.73 Å². The predicted molar refractivity (Wildman–Crippen MR) is 70.7 cm³/mol. The van der Waals surface area contributed by atoms with Gasteiger partial charge < -0.3 is 5.73 Å². The molecule has 0 amide bonds. The van der Waals surface area contributed by atoms with Crippen LogP contribution in [0.25, 0.3) is 10.7 Å². The summed E-state index contributed by atoms with van der Waals surface area (Å²) in [5.41, 5.74) is 7.83. The Morgan fingerprint density at radius 2 is 2.24 bits per heavy atom. The van der Waals surface area contributed by atoms with Gasteiger partial charge in [-0.05, 0) is 18.4 Å². The standard InChI is InChI=1S/C12H18N4S/c1-8(2)6-10-11(7-13)17-12(14-10)9-4-5-16(3)15-9/h4-5,8H,6-7,13H2,1-3H3. The van der Waals surface area contributed by atoms with Gasteiger partial charge in [-0.1, -0.05) is 13.8 Å². The number of rotatable bonds is 4. The summed E-state index contributed by atoms with van der Waals surface area (Å²) in [6.45, 7) is 4.95. The summed E-state index contributed by atoms with van der Waals surface area (Å²) < 4.78 is 1.79. The van der Waals surface area contributed by atoms with Gasteiger partial charge in [0.1, 0.15) is 10.7 Å². The number of hydrogen-bond donors (Lipinski definition) is 1. The van der Waals surface area contributed by atoms with Crippen LogP contribution < -0.4 is 5.73 Å². The van der Waals surface area contributed by atoms with Crippen molar-refractivity contribution in [2.45, 2.75) is 26.8 Å². The minimum Gasteiger partial charge on any atom is -0.326 e. The SMILES string of the molecule is CC(C)Cc1nc(-c2ccn(C)n2)sc1CN. The lowest BCUT2D eigenvalue weighted by Crippen LogP contribution is -2.02. The van der Waals surface area contributed by atoms with Crippen LogP contribution >= 0.6 is 11.3 Å². The maximum Gasteiger partial charge on any atom is 0.144 e. The average molecular weight is 250 g/mol. The molecule has 4 nitrogen and oxygen atoms in total. The Morgan fingerprint density at radius 3 is 2.76 bits per heavy atom. The molecule has 0 saturated carbocycles. The number of nitrogens with two attached hydrogens (primary N) is 1. The molecule has 0 bridgehead atoms. The Balaban J connectivity index is 2.33. The lowest BCUT2D eigenvalue weighted by Gasteiger charge is -2.02. The molecule has 17 heavy (non-hydrogen) atoms. The maximum atomic E-state index is 5.77. The van der Waals surface area contributed by atoms with E-state index in [9.17, 15) is 0 Å². The van der Waals surface area contributed by atoms with Gasteiger partial charge in [-0.25, -0.2) is 4.98 Å². The van der Waals surface area contributed by atoms with Crippen molar-refractivity contribution in [1.29, 1.82) is 0 Å².